The Balaban J connectivity index is 1.70. The molecule has 3 aromatic rings. The summed E-state index contributed by atoms with van der Waals surface area (Å²) in [6.45, 7) is 0.346. The molecular weight excluding hydrogens is 361 g/mol. The van der Waals surface area contributed by atoms with Crippen LogP contribution in [0, 0.1) is 0 Å². The number of hydrogen-bond acceptors (Lipinski definition) is 4. The molecule has 25 heavy (non-hydrogen) atoms. The molecule has 126 valence electrons. The Morgan fingerprint density at radius 2 is 1.84 bits per heavy atom. The number of carbonyl (C=O) groups is 1. The maximum absolute atomic E-state index is 12.3. The van der Waals surface area contributed by atoms with E-state index in [0.717, 1.165) is 5.56 Å². The summed E-state index contributed by atoms with van der Waals surface area (Å²) in [5.41, 5.74) is 1.57. The molecule has 1 amide bonds. The minimum absolute atomic E-state index is 0.161. The molecule has 7 heteroatoms. The van der Waals surface area contributed by atoms with Crippen LogP contribution in [-0.4, -0.2) is 15.9 Å². The van der Waals surface area contributed by atoms with Gasteiger partial charge in [0.2, 0.25) is 5.88 Å². The van der Waals surface area contributed by atoms with Gasteiger partial charge in [-0.15, -0.1) is 0 Å². The van der Waals surface area contributed by atoms with Crippen LogP contribution in [-0.2, 0) is 6.61 Å². The van der Waals surface area contributed by atoms with Crippen LogP contribution in [0.5, 0.6) is 5.88 Å². The third kappa shape index (κ3) is 4.47. The summed E-state index contributed by atoms with van der Waals surface area (Å²) in [5, 5.41) is 3.29. The fourth-order valence-electron chi connectivity index (χ4n) is 2.06. The van der Waals surface area contributed by atoms with Crippen molar-refractivity contribution in [2.45, 2.75) is 6.61 Å². The number of hydrogen-bond donors (Lipinski definition) is 1. The van der Waals surface area contributed by atoms with Gasteiger partial charge in [0.1, 0.15) is 18.6 Å². The third-order valence-corrected chi connectivity index (χ3v) is 4.12. The molecule has 0 saturated heterocycles. The van der Waals surface area contributed by atoms with Gasteiger partial charge in [0.25, 0.3) is 5.91 Å². The minimum atomic E-state index is -0.434. The summed E-state index contributed by atoms with van der Waals surface area (Å²) in [5.74, 6) is -0.127. The number of halogens is 2. The number of carbonyl (C=O) groups excluding carboxylic acids is 1. The van der Waals surface area contributed by atoms with E-state index in [9.17, 15) is 4.79 Å². The maximum atomic E-state index is 12.3. The van der Waals surface area contributed by atoms with Crippen molar-refractivity contribution >= 4 is 34.8 Å². The van der Waals surface area contributed by atoms with Crippen LogP contribution in [0.2, 0.25) is 10.0 Å². The molecule has 1 aromatic heterocycles. The summed E-state index contributed by atoms with van der Waals surface area (Å²) in [4.78, 5) is 20.3. The van der Waals surface area contributed by atoms with Crippen molar-refractivity contribution in [1.29, 1.82) is 0 Å². The van der Waals surface area contributed by atoms with E-state index in [1.54, 1.807) is 18.2 Å². The second kappa shape index (κ2) is 7.96. The molecule has 0 aliphatic heterocycles. The maximum Gasteiger partial charge on any atom is 0.274 e. The normalized spacial score (nSPS) is 10.3. The average molecular weight is 374 g/mol. The molecule has 2 aromatic carbocycles. The molecule has 1 N–H and O–H groups in total. The number of anilines is 1. The van der Waals surface area contributed by atoms with Gasteiger partial charge < -0.3 is 10.1 Å². The molecule has 0 atom stereocenters. The van der Waals surface area contributed by atoms with Crippen LogP contribution >= 0.6 is 23.2 Å². The Morgan fingerprint density at radius 3 is 2.64 bits per heavy atom. The van der Waals surface area contributed by atoms with Gasteiger partial charge in [-0.1, -0.05) is 59.6 Å². The van der Waals surface area contributed by atoms with Gasteiger partial charge in [-0.25, -0.2) is 9.97 Å². The summed E-state index contributed by atoms with van der Waals surface area (Å²) in [6.07, 6.45) is 1.27. The van der Waals surface area contributed by atoms with Crippen LogP contribution in [0.25, 0.3) is 0 Å². The molecule has 0 saturated carbocycles. The molecule has 0 spiro atoms. The van der Waals surface area contributed by atoms with E-state index in [-0.39, 0.29) is 10.7 Å². The molecular formula is C18H13Cl2N3O2. The predicted octanol–water partition coefficient (Wildman–Crippen LogP) is 4.61. The Labute approximate surface area is 154 Å². The number of nitrogens with one attached hydrogen (secondary N) is 1. The zero-order chi connectivity index (χ0) is 17.6. The first-order valence-electron chi connectivity index (χ1n) is 7.37. The number of amides is 1. The molecule has 3 rings (SSSR count). The zero-order valence-electron chi connectivity index (χ0n) is 12.9. The molecule has 0 aliphatic rings. The molecule has 0 radical (unpaired) electrons. The van der Waals surface area contributed by atoms with Crippen molar-refractivity contribution in [3.8, 4) is 5.88 Å². The van der Waals surface area contributed by atoms with E-state index in [2.05, 4.69) is 15.3 Å². The SMILES string of the molecule is O=C(Nc1cccc(Cl)c1Cl)c1cc(OCc2ccccc2)ncn1. The third-order valence-electron chi connectivity index (χ3n) is 3.30. The van der Waals surface area contributed by atoms with Gasteiger partial charge >= 0.3 is 0 Å². The minimum Gasteiger partial charge on any atom is -0.473 e. The molecule has 0 unspecified atom stereocenters. The van der Waals surface area contributed by atoms with Crippen LogP contribution in [0.1, 0.15) is 16.1 Å². The van der Waals surface area contributed by atoms with Gasteiger partial charge in [0, 0.05) is 6.07 Å². The van der Waals surface area contributed by atoms with Gasteiger partial charge in [0.05, 0.1) is 15.7 Å². The monoisotopic (exact) mass is 373 g/mol. The first-order chi connectivity index (χ1) is 12.1. The Morgan fingerprint density at radius 1 is 1.04 bits per heavy atom. The smallest absolute Gasteiger partial charge is 0.274 e. The average Bonchev–Trinajstić information content (AvgIpc) is 2.65. The Kier molecular flexibility index (Phi) is 5.48. The van der Waals surface area contributed by atoms with Crippen molar-refractivity contribution in [2.75, 3.05) is 5.32 Å². The molecule has 5 nitrogen and oxygen atoms in total. The van der Waals surface area contributed by atoms with Crippen LogP contribution in [0.3, 0.4) is 0 Å². The standard InChI is InChI=1S/C18H13Cl2N3O2/c19-13-7-4-8-14(17(13)20)23-18(24)15-9-16(22-11-21-15)25-10-12-5-2-1-3-6-12/h1-9,11H,10H2,(H,23,24). The van der Waals surface area contributed by atoms with Gasteiger partial charge in [0.15, 0.2) is 0 Å². The van der Waals surface area contributed by atoms with E-state index >= 15 is 0 Å². The lowest BCUT2D eigenvalue weighted by atomic mass is 10.2. The lowest BCUT2D eigenvalue weighted by Crippen LogP contribution is -2.14. The molecule has 0 bridgehead atoms. The van der Waals surface area contributed by atoms with E-state index in [1.807, 2.05) is 30.3 Å². The number of nitrogens with zero attached hydrogens (tertiary/aromatic N) is 2. The quantitative estimate of drug-likeness (QED) is 0.708. The highest BCUT2D eigenvalue weighted by atomic mass is 35.5. The fraction of sp³-hybridized carbons (Fsp3) is 0.0556. The highest BCUT2D eigenvalue weighted by molar-refractivity contribution is 6.44. The summed E-state index contributed by atoms with van der Waals surface area (Å²) in [7, 11) is 0. The summed E-state index contributed by atoms with van der Waals surface area (Å²) < 4.78 is 5.60. The number of ether oxygens (including phenoxy) is 1. The zero-order valence-corrected chi connectivity index (χ0v) is 14.5. The van der Waals surface area contributed by atoms with Crippen LogP contribution < -0.4 is 10.1 Å². The Hall–Kier alpha value is -2.63. The summed E-state index contributed by atoms with van der Waals surface area (Å²) in [6, 6.07) is 16.1. The topological polar surface area (TPSA) is 64.1 Å². The number of rotatable bonds is 5. The first kappa shape index (κ1) is 17.2. The van der Waals surface area contributed by atoms with Crippen molar-refractivity contribution in [3.05, 3.63) is 82.2 Å². The fourth-order valence-corrected chi connectivity index (χ4v) is 2.41. The molecule has 0 aliphatic carbocycles. The number of benzene rings is 2. The lowest BCUT2D eigenvalue weighted by Gasteiger charge is -2.09. The first-order valence-corrected chi connectivity index (χ1v) is 8.13. The van der Waals surface area contributed by atoms with E-state index in [4.69, 9.17) is 27.9 Å². The van der Waals surface area contributed by atoms with Gasteiger partial charge in [-0.2, -0.15) is 0 Å². The van der Waals surface area contributed by atoms with Crippen LogP contribution in [0.15, 0.2) is 60.9 Å². The largest absolute Gasteiger partial charge is 0.473 e. The molecule has 0 fully saturated rings. The van der Waals surface area contributed by atoms with Crippen LogP contribution in [0.4, 0.5) is 5.69 Å². The lowest BCUT2D eigenvalue weighted by molar-refractivity contribution is 0.102. The highest BCUT2D eigenvalue weighted by Crippen LogP contribution is 2.29. The van der Waals surface area contributed by atoms with E-state index in [1.165, 1.54) is 12.4 Å². The second-order valence-corrected chi connectivity index (χ2v) is 5.86. The number of aromatic nitrogens is 2. The second-order valence-electron chi connectivity index (χ2n) is 5.07. The van der Waals surface area contributed by atoms with E-state index in [0.29, 0.717) is 23.2 Å². The molecule has 1 heterocycles. The predicted molar refractivity (Wildman–Crippen MR) is 97.2 cm³/mol. The van der Waals surface area contributed by atoms with Crippen molar-refractivity contribution in [1.82, 2.24) is 9.97 Å². The highest BCUT2D eigenvalue weighted by Gasteiger charge is 2.13. The Bertz CT molecular complexity index is 888. The van der Waals surface area contributed by atoms with E-state index < -0.39 is 5.91 Å². The van der Waals surface area contributed by atoms with Gasteiger partial charge in [-0.3, -0.25) is 4.79 Å². The van der Waals surface area contributed by atoms with Crippen molar-refractivity contribution in [3.63, 3.8) is 0 Å². The summed E-state index contributed by atoms with van der Waals surface area (Å²) >= 11 is 12.0. The van der Waals surface area contributed by atoms with Crippen molar-refractivity contribution < 1.29 is 9.53 Å². The van der Waals surface area contributed by atoms with Gasteiger partial charge in [-0.05, 0) is 17.7 Å². The van der Waals surface area contributed by atoms with Crippen molar-refractivity contribution in [2.24, 2.45) is 0 Å².